The summed E-state index contributed by atoms with van der Waals surface area (Å²) in [6.45, 7) is 5.41. The molecule has 2 aromatic carbocycles. The lowest BCUT2D eigenvalue weighted by atomic mass is 10.3. The van der Waals surface area contributed by atoms with E-state index in [0.717, 1.165) is 11.5 Å². The van der Waals surface area contributed by atoms with E-state index in [4.69, 9.17) is 13.6 Å². The lowest BCUT2D eigenvalue weighted by molar-refractivity contribution is -0.142. The molecule has 0 fully saturated rings. The molecule has 1 atom stereocenters. The van der Waals surface area contributed by atoms with E-state index in [1.54, 1.807) is 0 Å². The summed E-state index contributed by atoms with van der Waals surface area (Å²) in [7, 11) is -2.14. The summed E-state index contributed by atoms with van der Waals surface area (Å²) in [4.78, 5) is 11.5. The van der Waals surface area contributed by atoms with E-state index in [2.05, 4.69) is 6.58 Å². The molecule has 0 amide bonds. The van der Waals surface area contributed by atoms with Crippen LogP contribution in [0.4, 0.5) is 0 Å². The van der Waals surface area contributed by atoms with Crippen LogP contribution < -0.4 is 8.85 Å². The van der Waals surface area contributed by atoms with Crippen molar-refractivity contribution in [1.82, 2.24) is 0 Å². The third kappa shape index (κ3) is 5.93. The molecule has 0 aromatic heterocycles. The predicted molar refractivity (Wildman–Crippen MR) is 96.5 cm³/mol. The van der Waals surface area contributed by atoms with Gasteiger partial charge in [-0.05, 0) is 30.7 Å². The van der Waals surface area contributed by atoms with Gasteiger partial charge in [-0.2, -0.15) is 0 Å². The summed E-state index contributed by atoms with van der Waals surface area (Å²) < 4.78 is 17.5. The summed E-state index contributed by atoms with van der Waals surface area (Å²) in [5.41, 5.74) is 0. The minimum absolute atomic E-state index is 0.250. The lowest BCUT2D eigenvalue weighted by Crippen LogP contribution is -2.35. The van der Waals surface area contributed by atoms with Crippen LogP contribution in [0, 0.1) is 0 Å². The van der Waals surface area contributed by atoms with E-state index in [0.29, 0.717) is 12.5 Å². The predicted octanol–water partition coefficient (Wildman–Crippen LogP) is 3.87. The zero-order chi connectivity index (χ0) is 17.2. The molecule has 0 heterocycles. The van der Waals surface area contributed by atoms with E-state index in [1.165, 1.54) is 6.08 Å². The maximum Gasteiger partial charge on any atom is 0.448 e. The molecule has 1 unspecified atom stereocenters. The largest absolute Gasteiger partial charge is 0.514 e. The number of carbonyl (C=O) groups is 1. The molecule has 5 heteroatoms. The molecule has 2 rings (SSSR count). The van der Waals surface area contributed by atoms with E-state index < -0.39 is 15.3 Å². The monoisotopic (exact) mass is 342 g/mol. The Hall–Kier alpha value is -2.53. The van der Waals surface area contributed by atoms with Crippen LogP contribution in [0.2, 0.25) is 6.04 Å². The molecule has 0 aliphatic carbocycles. The second-order valence-electron chi connectivity index (χ2n) is 5.20. The van der Waals surface area contributed by atoms with Crippen LogP contribution >= 0.6 is 0 Å². The van der Waals surface area contributed by atoms with Crippen molar-refractivity contribution in [2.45, 2.75) is 25.5 Å². The van der Waals surface area contributed by atoms with Crippen LogP contribution in [0.3, 0.4) is 0 Å². The molecule has 0 saturated heterocycles. The van der Waals surface area contributed by atoms with Gasteiger partial charge in [0, 0.05) is 12.1 Å². The Kier molecular flexibility index (Phi) is 7.10. The Balaban J connectivity index is 2.08. The summed E-state index contributed by atoms with van der Waals surface area (Å²) in [6, 6.07) is 19.7. The van der Waals surface area contributed by atoms with Gasteiger partial charge in [0.15, 0.2) is 0 Å². The number of ether oxygens (including phenoxy) is 1. The number of esters is 1. The zero-order valence-electron chi connectivity index (χ0n) is 13.8. The summed E-state index contributed by atoms with van der Waals surface area (Å²) in [6.07, 6.45) is 1.62. The summed E-state index contributed by atoms with van der Waals surface area (Å²) in [5, 5.41) is 0. The molecule has 0 spiro atoms. The van der Waals surface area contributed by atoms with Crippen molar-refractivity contribution in [3.8, 4) is 11.5 Å². The maximum absolute atomic E-state index is 11.5. The van der Waals surface area contributed by atoms with Crippen LogP contribution in [0.25, 0.3) is 0 Å². The van der Waals surface area contributed by atoms with Gasteiger partial charge in [-0.25, -0.2) is 4.79 Å². The van der Waals surface area contributed by atoms with Gasteiger partial charge < -0.3 is 13.6 Å². The Bertz CT molecular complexity index is 589. The average Bonchev–Trinajstić information content (AvgIpc) is 2.62. The molecule has 126 valence electrons. The van der Waals surface area contributed by atoms with E-state index in [9.17, 15) is 4.79 Å². The van der Waals surface area contributed by atoms with Crippen molar-refractivity contribution in [1.29, 1.82) is 0 Å². The zero-order valence-corrected chi connectivity index (χ0v) is 14.9. The topological polar surface area (TPSA) is 44.8 Å². The van der Waals surface area contributed by atoms with E-state index in [-0.39, 0.29) is 6.10 Å². The normalized spacial score (nSPS) is 11.6. The number of benzene rings is 2. The minimum atomic E-state index is -2.14. The first-order valence-electron chi connectivity index (χ1n) is 7.97. The molecular weight excluding hydrogens is 320 g/mol. The first kappa shape index (κ1) is 17.8. The highest BCUT2D eigenvalue weighted by molar-refractivity contribution is 6.46. The van der Waals surface area contributed by atoms with Gasteiger partial charge in [0.05, 0.1) is 0 Å². The number of carbonyl (C=O) groups excluding carboxylic acids is 1. The van der Waals surface area contributed by atoms with E-state index >= 15 is 0 Å². The van der Waals surface area contributed by atoms with Crippen molar-refractivity contribution < 1.29 is 18.4 Å². The molecule has 0 saturated carbocycles. The number of rotatable bonds is 9. The van der Waals surface area contributed by atoms with Crippen molar-refractivity contribution in [3.63, 3.8) is 0 Å². The molecule has 0 bridgehead atoms. The maximum atomic E-state index is 11.5. The van der Waals surface area contributed by atoms with Crippen molar-refractivity contribution in [2.24, 2.45) is 0 Å². The van der Waals surface area contributed by atoms with E-state index in [1.807, 2.05) is 67.6 Å². The first-order valence-corrected chi connectivity index (χ1v) is 9.73. The van der Waals surface area contributed by atoms with Gasteiger partial charge in [0.2, 0.25) is 0 Å². The smallest absolute Gasteiger partial charge is 0.448 e. The first-order chi connectivity index (χ1) is 11.7. The Labute approximate surface area is 144 Å². The van der Waals surface area contributed by atoms with Crippen LogP contribution in [0.15, 0.2) is 73.3 Å². The highest BCUT2D eigenvalue weighted by atomic mass is 28.3. The second-order valence-corrected chi connectivity index (χ2v) is 7.00. The highest BCUT2D eigenvalue weighted by Crippen LogP contribution is 2.18. The van der Waals surface area contributed by atoms with Crippen molar-refractivity contribution in [2.75, 3.05) is 0 Å². The average molecular weight is 342 g/mol. The molecule has 0 aliphatic rings. The Morgan fingerprint density at radius 1 is 1.04 bits per heavy atom. The van der Waals surface area contributed by atoms with Crippen molar-refractivity contribution >= 4 is 15.3 Å². The minimum Gasteiger partial charge on any atom is -0.514 e. The van der Waals surface area contributed by atoms with Crippen molar-refractivity contribution in [3.05, 3.63) is 73.3 Å². The fourth-order valence-electron chi connectivity index (χ4n) is 2.15. The number of hydrogen-bond acceptors (Lipinski definition) is 4. The lowest BCUT2D eigenvalue weighted by Gasteiger charge is -2.23. The molecule has 0 aliphatic heterocycles. The molecule has 4 nitrogen and oxygen atoms in total. The fraction of sp³-hybridized carbons (Fsp3) is 0.211. The summed E-state index contributed by atoms with van der Waals surface area (Å²) in [5.74, 6) is 1.10. The van der Waals surface area contributed by atoms with Crippen LogP contribution in [-0.2, 0) is 9.53 Å². The Morgan fingerprint density at radius 3 is 1.96 bits per heavy atom. The third-order valence-corrected chi connectivity index (χ3v) is 5.36. The fourth-order valence-corrected chi connectivity index (χ4v) is 4.17. The van der Waals surface area contributed by atoms with Crippen LogP contribution in [-0.4, -0.2) is 21.4 Å². The number of para-hydroxylation sites is 2. The van der Waals surface area contributed by atoms with Gasteiger partial charge in [-0.15, -0.1) is 0 Å². The number of hydrogen-bond donors (Lipinski definition) is 0. The third-order valence-electron chi connectivity index (χ3n) is 3.38. The molecule has 24 heavy (non-hydrogen) atoms. The summed E-state index contributed by atoms with van der Waals surface area (Å²) >= 11 is 0. The van der Waals surface area contributed by atoms with Gasteiger partial charge in [-0.3, -0.25) is 0 Å². The quantitative estimate of drug-likeness (QED) is 0.394. The second kappa shape index (κ2) is 9.57. The molecule has 0 N–H and O–H groups in total. The van der Waals surface area contributed by atoms with Crippen LogP contribution in [0.5, 0.6) is 11.5 Å². The SMILES string of the molecule is C=CC(=O)OC(CC)C[SiH](Oc1ccccc1)Oc1ccccc1. The standard InChI is InChI=1S/C19H22O4Si/c1-3-16(21-19(20)4-2)15-24(22-17-11-7-5-8-12-17)23-18-13-9-6-10-14-18/h4-14,16,24H,2-3,15H2,1H3. The Morgan fingerprint density at radius 2 is 1.54 bits per heavy atom. The molecule has 2 aromatic rings. The van der Waals surface area contributed by atoms with Gasteiger partial charge in [0.25, 0.3) is 0 Å². The van der Waals surface area contributed by atoms with Gasteiger partial charge in [0.1, 0.15) is 17.6 Å². The molecular formula is C19H22O4Si. The molecule has 0 radical (unpaired) electrons. The van der Waals surface area contributed by atoms with Gasteiger partial charge >= 0.3 is 15.3 Å². The van der Waals surface area contributed by atoms with Gasteiger partial charge in [-0.1, -0.05) is 49.9 Å². The van der Waals surface area contributed by atoms with Crippen LogP contribution in [0.1, 0.15) is 13.3 Å². The highest BCUT2D eigenvalue weighted by Gasteiger charge is 2.25.